The summed E-state index contributed by atoms with van der Waals surface area (Å²) in [5, 5.41) is 23.1. The van der Waals surface area contributed by atoms with Crippen LogP contribution in [0, 0.1) is 0 Å². The van der Waals surface area contributed by atoms with E-state index in [0.29, 0.717) is 6.54 Å². The summed E-state index contributed by atoms with van der Waals surface area (Å²) in [6.07, 6.45) is 2.21. The average Bonchev–Trinajstić information content (AvgIpc) is 3.24. The Morgan fingerprint density at radius 3 is 3.05 bits per heavy atom. The number of aromatic amines is 1. The number of aromatic nitrogens is 2. The van der Waals surface area contributed by atoms with Crippen molar-refractivity contribution in [1.29, 1.82) is 0 Å². The maximum atomic E-state index is 10.3. The molecule has 5 heteroatoms. The number of hydrogen-bond acceptors (Lipinski definition) is 4. The normalized spacial score (nSPS) is 20.2. The van der Waals surface area contributed by atoms with Crippen LogP contribution in [0.4, 0.5) is 0 Å². The third-order valence-corrected chi connectivity index (χ3v) is 5.09. The maximum Gasteiger partial charge on any atom is 0.0794 e. The number of H-pyrrole nitrogens is 1. The van der Waals surface area contributed by atoms with Gasteiger partial charge in [-0.05, 0) is 22.6 Å². The van der Waals surface area contributed by atoms with Gasteiger partial charge in [-0.3, -0.25) is 5.10 Å². The van der Waals surface area contributed by atoms with E-state index in [1.165, 1.54) is 16.0 Å². The first-order valence-electron chi connectivity index (χ1n) is 7.38. The van der Waals surface area contributed by atoms with E-state index in [1.807, 2.05) is 24.4 Å². The highest BCUT2D eigenvalue weighted by Crippen LogP contribution is 2.32. The Balaban J connectivity index is 1.53. The fourth-order valence-electron chi connectivity index (χ4n) is 3.12. The molecule has 0 saturated heterocycles. The van der Waals surface area contributed by atoms with Crippen molar-refractivity contribution >= 4 is 11.3 Å². The predicted octanol–water partition coefficient (Wildman–Crippen LogP) is 2.89. The number of rotatable bonds is 4. The van der Waals surface area contributed by atoms with Crippen LogP contribution in [-0.4, -0.2) is 21.4 Å². The van der Waals surface area contributed by atoms with Crippen LogP contribution in [0.15, 0.2) is 48.0 Å². The Hall–Kier alpha value is -1.95. The highest BCUT2D eigenvalue weighted by Gasteiger charge is 2.30. The average molecular weight is 311 g/mol. The summed E-state index contributed by atoms with van der Waals surface area (Å²) in [5.41, 5.74) is 4.62. The molecule has 0 spiro atoms. The van der Waals surface area contributed by atoms with E-state index in [2.05, 4.69) is 39.1 Å². The van der Waals surface area contributed by atoms with Gasteiger partial charge in [0.15, 0.2) is 0 Å². The molecule has 0 radical (unpaired) electrons. The summed E-state index contributed by atoms with van der Waals surface area (Å²) >= 11 is 1.69. The third kappa shape index (κ3) is 2.37. The monoisotopic (exact) mass is 311 g/mol. The van der Waals surface area contributed by atoms with Crippen LogP contribution in [0.5, 0.6) is 0 Å². The molecule has 0 fully saturated rings. The zero-order valence-corrected chi connectivity index (χ0v) is 12.8. The molecule has 4 nitrogen and oxygen atoms in total. The molecular weight excluding hydrogens is 294 g/mol. The summed E-state index contributed by atoms with van der Waals surface area (Å²) in [6, 6.07) is 12.4. The maximum absolute atomic E-state index is 10.3. The molecule has 0 saturated carbocycles. The van der Waals surface area contributed by atoms with Crippen molar-refractivity contribution in [1.82, 2.24) is 15.5 Å². The molecule has 1 aliphatic rings. The fraction of sp³-hybridized carbons (Fsp3) is 0.235. The van der Waals surface area contributed by atoms with Crippen LogP contribution in [0.1, 0.15) is 22.7 Å². The second-order valence-corrected chi connectivity index (χ2v) is 6.52. The van der Waals surface area contributed by atoms with Crippen molar-refractivity contribution in [3.05, 3.63) is 64.7 Å². The molecule has 4 rings (SSSR count). The second kappa shape index (κ2) is 5.68. The van der Waals surface area contributed by atoms with Crippen molar-refractivity contribution in [2.45, 2.75) is 25.1 Å². The molecule has 22 heavy (non-hydrogen) atoms. The van der Waals surface area contributed by atoms with Gasteiger partial charge >= 0.3 is 0 Å². The van der Waals surface area contributed by atoms with Gasteiger partial charge in [-0.25, -0.2) is 0 Å². The Bertz CT molecular complexity index is 766. The van der Waals surface area contributed by atoms with Crippen molar-refractivity contribution in [3.63, 3.8) is 0 Å². The molecule has 1 aromatic carbocycles. The largest absolute Gasteiger partial charge is 0.391 e. The minimum atomic E-state index is -0.366. The van der Waals surface area contributed by atoms with Crippen LogP contribution in [-0.2, 0) is 13.0 Å². The van der Waals surface area contributed by atoms with Crippen LogP contribution >= 0.6 is 11.3 Å². The number of fused-ring (bicyclic) bond motifs is 1. The Morgan fingerprint density at radius 1 is 1.27 bits per heavy atom. The molecule has 3 N–H and O–H groups in total. The lowest BCUT2D eigenvalue weighted by atomic mass is 10.1. The molecule has 2 atom stereocenters. The molecule has 2 heterocycles. The number of hydrogen-bond donors (Lipinski definition) is 3. The number of thiophene rings is 1. The number of benzene rings is 1. The van der Waals surface area contributed by atoms with Crippen molar-refractivity contribution in [2.75, 3.05) is 0 Å². The molecule has 3 aromatic rings. The summed E-state index contributed by atoms with van der Waals surface area (Å²) in [4.78, 5) is 1.18. The molecule has 0 bridgehead atoms. The summed E-state index contributed by atoms with van der Waals surface area (Å²) < 4.78 is 0. The van der Waals surface area contributed by atoms with E-state index in [1.54, 1.807) is 11.3 Å². The molecule has 0 aliphatic heterocycles. The van der Waals surface area contributed by atoms with Gasteiger partial charge in [-0.1, -0.05) is 30.3 Å². The lowest BCUT2D eigenvalue weighted by molar-refractivity contribution is 0.140. The van der Waals surface area contributed by atoms with Crippen molar-refractivity contribution < 1.29 is 5.11 Å². The first kappa shape index (κ1) is 13.7. The Labute approximate surface area is 132 Å². The molecule has 1 aliphatic carbocycles. The zero-order chi connectivity index (χ0) is 14.9. The molecular formula is C17H17N3OS. The van der Waals surface area contributed by atoms with Gasteiger partial charge in [0.05, 0.1) is 28.9 Å². The lowest BCUT2D eigenvalue weighted by Crippen LogP contribution is -2.28. The first-order valence-corrected chi connectivity index (χ1v) is 8.26. The van der Waals surface area contributed by atoms with E-state index >= 15 is 0 Å². The van der Waals surface area contributed by atoms with Crippen molar-refractivity contribution in [2.24, 2.45) is 0 Å². The lowest BCUT2D eigenvalue weighted by Gasteiger charge is -2.17. The fourth-order valence-corrected chi connectivity index (χ4v) is 3.87. The minimum Gasteiger partial charge on any atom is -0.391 e. The highest BCUT2D eigenvalue weighted by molar-refractivity contribution is 7.13. The van der Waals surface area contributed by atoms with Gasteiger partial charge in [0, 0.05) is 18.5 Å². The van der Waals surface area contributed by atoms with E-state index < -0.39 is 0 Å². The molecule has 112 valence electrons. The number of nitrogens with zero attached hydrogens (tertiary/aromatic N) is 1. The third-order valence-electron chi connectivity index (χ3n) is 4.20. The van der Waals surface area contributed by atoms with E-state index in [9.17, 15) is 5.11 Å². The van der Waals surface area contributed by atoms with Crippen LogP contribution in [0.2, 0.25) is 0 Å². The number of aliphatic hydroxyl groups excluding tert-OH is 1. The molecule has 0 amide bonds. The van der Waals surface area contributed by atoms with Gasteiger partial charge < -0.3 is 10.4 Å². The Kier molecular flexibility index (Phi) is 3.54. The van der Waals surface area contributed by atoms with Crippen molar-refractivity contribution in [3.8, 4) is 10.6 Å². The predicted molar refractivity (Wildman–Crippen MR) is 87.6 cm³/mol. The summed E-state index contributed by atoms with van der Waals surface area (Å²) in [6.45, 7) is 0.680. The summed E-state index contributed by atoms with van der Waals surface area (Å²) in [5.74, 6) is 0. The number of aliphatic hydroxyl groups is 1. The van der Waals surface area contributed by atoms with E-state index in [4.69, 9.17) is 0 Å². The van der Waals surface area contributed by atoms with Crippen LogP contribution in [0.25, 0.3) is 10.6 Å². The van der Waals surface area contributed by atoms with Gasteiger partial charge in [-0.2, -0.15) is 5.10 Å². The number of nitrogens with one attached hydrogen (secondary N) is 2. The zero-order valence-electron chi connectivity index (χ0n) is 12.0. The SMILES string of the molecule is O[C@H]1Cc2ccccc2[C@H]1NCc1cn[nH]c1-c1cccs1. The van der Waals surface area contributed by atoms with Gasteiger partial charge in [0.25, 0.3) is 0 Å². The Morgan fingerprint density at radius 2 is 2.18 bits per heavy atom. The van der Waals surface area contributed by atoms with Gasteiger partial charge in [0.2, 0.25) is 0 Å². The van der Waals surface area contributed by atoms with E-state index in [-0.39, 0.29) is 12.1 Å². The first-order chi connectivity index (χ1) is 10.8. The molecule has 2 aromatic heterocycles. The van der Waals surface area contributed by atoms with Gasteiger partial charge in [0.1, 0.15) is 0 Å². The van der Waals surface area contributed by atoms with E-state index in [0.717, 1.165) is 17.7 Å². The quantitative estimate of drug-likeness (QED) is 0.694. The summed E-state index contributed by atoms with van der Waals surface area (Å²) in [7, 11) is 0. The van der Waals surface area contributed by atoms with Crippen LogP contribution in [0.3, 0.4) is 0 Å². The minimum absolute atomic E-state index is 0.0118. The highest BCUT2D eigenvalue weighted by atomic mass is 32.1. The van der Waals surface area contributed by atoms with Gasteiger partial charge in [-0.15, -0.1) is 11.3 Å². The standard InChI is InChI=1S/C17H17N3OS/c21-14-8-11-4-1-2-5-13(11)17(14)18-9-12-10-19-20-16(12)15-6-3-7-22-15/h1-7,10,14,17-18,21H,8-9H2,(H,19,20)/t14-,17+/m0/s1. The van der Waals surface area contributed by atoms with Crippen LogP contribution < -0.4 is 5.32 Å². The molecule has 0 unspecified atom stereocenters. The topological polar surface area (TPSA) is 60.9 Å². The second-order valence-electron chi connectivity index (χ2n) is 5.58. The smallest absolute Gasteiger partial charge is 0.0794 e.